The number of hydrogen-bond donors (Lipinski definition) is 1. The van der Waals surface area contributed by atoms with E-state index in [0.29, 0.717) is 11.0 Å². The lowest BCUT2D eigenvalue weighted by Gasteiger charge is -2.16. The number of amides is 1. The third kappa shape index (κ3) is 3.59. The fourth-order valence-electron chi connectivity index (χ4n) is 2.04. The van der Waals surface area contributed by atoms with Crippen molar-refractivity contribution >= 4 is 17.7 Å². The number of primary amides is 1. The van der Waals surface area contributed by atoms with Gasteiger partial charge in [0, 0.05) is 7.05 Å². The molecule has 0 aliphatic carbocycles. The summed E-state index contributed by atoms with van der Waals surface area (Å²) >= 11 is 1.26. The molecule has 0 saturated carbocycles. The van der Waals surface area contributed by atoms with Gasteiger partial charge in [-0.2, -0.15) is 0 Å². The summed E-state index contributed by atoms with van der Waals surface area (Å²) in [4.78, 5) is 10.9. The summed E-state index contributed by atoms with van der Waals surface area (Å²) in [6.45, 7) is 6.00. The third-order valence-corrected chi connectivity index (χ3v) is 4.48. The molecule has 0 unspecified atom stereocenters. The highest BCUT2D eigenvalue weighted by molar-refractivity contribution is 7.99. The lowest BCUT2D eigenvalue weighted by molar-refractivity contribution is -0.115. The molecule has 0 aliphatic rings. The smallest absolute Gasteiger partial charge is 0.227 e. The summed E-state index contributed by atoms with van der Waals surface area (Å²) in [6, 6.07) is 5.96. The summed E-state index contributed by atoms with van der Waals surface area (Å²) in [5.74, 6) is 1.34. The van der Waals surface area contributed by atoms with Crippen LogP contribution in [0.1, 0.15) is 30.0 Å². The predicted octanol–water partition coefficient (Wildman–Crippen LogP) is 2.15. The minimum absolute atomic E-state index is 0.179. The molecule has 1 heterocycles. The summed E-state index contributed by atoms with van der Waals surface area (Å²) in [7, 11) is 1.85. The number of aromatic nitrogens is 3. The van der Waals surface area contributed by atoms with Crippen LogP contribution in [0.15, 0.2) is 23.4 Å². The van der Waals surface area contributed by atoms with Gasteiger partial charge in [0.1, 0.15) is 5.75 Å². The van der Waals surface area contributed by atoms with E-state index in [0.717, 1.165) is 11.3 Å². The largest absolute Gasteiger partial charge is 0.482 e. The van der Waals surface area contributed by atoms with E-state index in [-0.39, 0.29) is 17.8 Å². The molecule has 0 aliphatic heterocycles. The number of nitrogens with zero attached hydrogens (tertiary/aromatic N) is 3. The molecular formula is C15H20N4O2S. The monoisotopic (exact) mass is 320 g/mol. The Morgan fingerprint density at radius 3 is 2.82 bits per heavy atom. The van der Waals surface area contributed by atoms with Gasteiger partial charge in [-0.3, -0.25) is 4.79 Å². The number of thioether (sulfide) groups is 1. The topological polar surface area (TPSA) is 83.0 Å². The van der Waals surface area contributed by atoms with Crippen LogP contribution in [-0.2, 0) is 11.8 Å². The van der Waals surface area contributed by atoms with Crippen molar-refractivity contribution in [2.45, 2.75) is 32.0 Å². The molecule has 0 spiro atoms. The second-order valence-corrected chi connectivity index (χ2v) is 6.06. The van der Waals surface area contributed by atoms with Gasteiger partial charge in [0.05, 0.1) is 5.75 Å². The molecule has 0 bridgehead atoms. The van der Waals surface area contributed by atoms with Crippen LogP contribution in [0, 0.1) is 13.8 Å². The van der Waals surface area contributed by atoms with Gasteiger partial charge >= 0.3 is 0 Å². The van der Waals surface area contributed by atoms with Gasteiger partial charge in [0.15, 0.2) is 17.1 Å². The van der Waals surface area contributed by atoms with Crippen LogP contribution in [-0.4, -0.2) is 26.4 Å². The van der Waals surface area contributed by atoms with Gasteiger partial charge in [-0.1, -0.05) is 23.9 Å². The van der Waals surface area contributed by atoms with Gasteiger partial charge in [0.2, 0.25) is 5.91 Å². The summed E-state index contributed by atoms with van der Waals surface area (Å²) in [5.41, 5.74) is 7.44. The van der Waals surface area contributed by atoms with Crippen LogP contribution in [0.5, 0.6) is 5.75 Å². The molecule has 0 radical (unpaired) electrons. The van der Waals surface area contributed by atoms with Gasteiger partial charge in [-0.25, -0.2) is 0 Å². The predicted molar refractivity (Wildman–Crippen MR) is 85.9 cm³/mol. The second-order valence-electron chi connectivity index (χ2n) is 5.11. The lowest BCUT2D eigenvalue weighted by Crippen LogP contribution is -2.14. The van der Waals surface area contributed by atoms with E-state index in [1.165, 1.54) is 17.3 Å². The number of benzene rings is 1. The van der Waals surface area contributed by atoms with E-state index in [1.807, 2.05) is 50.6 Å². The normalized spacial score (nSPS) is 12.2. The van der Waals surface area contributed by atoms with Gasteiger partial charge < -0.3 is 15.0 Å². The van der Waals surface area contributed by atoms with Crippen molar-refractivity contribution in [3.8, 4) is 5.75 Å². The SMILES string of the molecule is Cc1cccc(O[C@H](C)c2nnc(SCC(N)=O)n2C)c1C. The van der Waals surface area contributed by atoms with Crippen molar-refractivity contribution in [3.63, 3.8) is 0 Å². The van der Waals surface area contributed by atoms with Crippen LogP contribution < -0.4 is 10.5 Å². The zero-order valence-corrected chi connectivity index (χ0v) is 14.0. The van der Waals surface area contributed by atoms with Gasteiger partial charge in [0.25, 0.3) is 0 Å². The molecule has 1 atom stereocenters. The van der Waals surface area contributed by atoms with Crippen LogP contribution >= 0.6 is 11.8 Å². The number of rotatable bonds is 6. The molecule has 1 amide bonds. The fourth-order valence-corrected chi connectivity index (χ4v) is 2.69. The van der Waals surface area contributed by atoms with Crippen LogP contribution in [0.25, 0.3) is 0 Å². The van der Waals surface area contributed by atoms with E-state index < -0.39 is 0 Å². The van der Waals surface area contributed by atoms with Gasteiger partial charge in [-0.15, -0.1) is 10.2 Å². The van der Waals surface area contributed by atoms with E-state index in [1.54, 1.807) is 0 Å². The zero-order valence-electron chi connectivity index (χ0n) is 13.2. The van der Waals surface area contributed by atoms with Crippen molar-refractivity contribution < 1.29 is 9.53 Å². The maximum atomic E-state index is 10.9. The molecule has 1 aromatic carbocycles. The maximum Gasteiger partial charge on any atom is 0.227 e. The number of hydrogen-bond acceptors (Lipinski definition) is 5. The van der Waals surface area contributed by atoms with Crippen molar-refractivity contribution in [1.29, 1.82) is 0 Å². The fraction of sp³-hybridized carbons (Fsp3) is 0.400. The first-order valence-electron chi connectivity index (χ1n) is 6.93. The molecule has 0 fully saturated rings. The van der Waals surface area contributed by atoms with E-state index >= 15 is 0 Å². The van der Waals surface area contributed by atoms with E-state index in [9.17, 15) is 4.79 Å². The second kappa shape index (κ2) is 6.83. The first-order chi connectivity index (χ1) is 10.4. The molecule has 2 rings (SSSR count). The number of nitrogens with two attached hydrogens (primary N) is 1. The first kappa shape index (κ1) is 16.4. The Hall–Kier alpha value is -2.02. The third-order valence-electron chi connectivity index (χ3n) is 3.43. The van der Waals surface area contributed by atoms with E-state index in [4.69, 9.17) is 10.5 Å². The van der Waals surface area contributed by atoms with Crippen molar-refractivity contribution in [1.82, 2.24) is 14.8 Å². The Bertz CT molecular complexity index is 684. The van der Waals surface area contributed by atoms with Crippen molar-refractivity contribution in [2.75, 3.05) is 5.75 Å². The minimum Gasteiger partial charge on any atom is -0.482 e. The molecule has 1 aromatic heterocycles. The number of carbonyl (C=O) groups excluding carboxylic acids is 1. The molecule has 118 valence electrons. The first-order valence-corrected chi connectivity index (χ1v) is 7.92. The zero-order chi connectivity index (χ0) is 16.3. The Kier molecular flexibility index (Phi) is 5.07. The molecular weight excluding hydrogens is 300 g/mol. The Balaban J connectivity index is 2.14. The Morgan fingerprint density at radius 1 is 1.41 bits per heavy atom. The Morgan fingerprint density at radius 2 is 2.14 bits per heavy atom. The molecule has 7 heteroatoms. The molecule has 22 heavy (non-hydrogen) atoms. The quantitative estimate of drug-likeness (QED) is 0.825. The lowest BCUT2D eigenvalue weighted by atomic mass is 10.1. The van der Waals surface area contributed by atoms with Crippen LogP contribution in [0.4, 0.5) is 0 Å². The van der Waals surface area contributed by atoms with Crippen LogP contribution in [0.2, 0.25) is 0 Å². The summed E-state index contributed by atoms with van der Waals surface area (Å²) in [5, 5.41) is 8.88. The average Bonchev–Trinajstić information content (AvgIpc) is 2.83. The molecule has 6 nitrogen and oxygen atoms in total. The van der Waals surface area contributed by atoms with Crippen molar-refractivity contribution in [3.05, 3.63) is 35.2 Å². The Labute approximate surface area is 134 Å². The number of aryl methyl sites for hydroxylation is 1. The number of ether oxygens (including phenoxy) is 1. The number of carbonyl (C=O) groups is 1. The maximum absolute atomic E-state index is 10.9. The highest BCUT2D eigenvalue weighted by Gasteiger charge is 2.18. The van der Waals surface area contributed by atoms with Crippen molar-refractivity contribution in [2.24, 2.45) is 12.8 Å². The molecule has 0 saturated heterocycles. The molecule has 2 aromatic rings. The van der Waals surface area contributed by atoms with Crippen LogP contribution in [0.3, 0.4) is 0 Å². The summed E-state index contributed by atoms with van der Waals surface area (Å²) in [6.07, 6.45) is -0.249. The van der Waals surface area contributed by atoms with E-state index in [2.05, 4.69) is 10.2 Å². The molecule has 2 N–H and O–H groups in total. The van der Waals surface area contributed by atoms with Gasteiger partial charge in [-0.05, 0) is 38.0 Å². The highest BCUT2D eigenvalue weighted by atomic mass is 32.2. The minimum atomic E-state index is -0.380. The summed E-state index contributed by atoms with van der Waals surface area (Å²) < 4.78 is 7.83. The average molecular weight is 320 g/mol. The standard InChI is InChI=1S/C15H20N4O2S/c1-9-6-5-7-12(10(9)2)21-11(3)14-17-18-15(19(14)4)22-8-13(16)20/h5-7,11H,8H2,1-4H3,(H2,16,20)/t11-/m1/s1. The highest BCUT2D eigenvalue weighted by Crippen LogP contribution is 2.27.